The molecule has 0 aliphatic carbocycles. The summed E-state index contributed by atoms with van der Waals surface area (Å²) in [6.45, 7) is 1.18. The van der Waals surface area contributed by atoms with Crippen molar-refractivity contribution < 1.29 is 39.9 Å². The van der Waals surface area contributed by atoms with E-state index < -0.39 is 35.4 Å². The van der Waals surface area contributed by atoms with Crippen molar-refractivity contribution in [2.75, 3.05) is 5.32 Å². The lowest BCUT2D eigenvalue weighted by atomic mass is 10.0. The zero-order valence-corrected chi connectivity index (χ0v) is 10.2. The van der Waals surface area contributed by atoms with E-state index in [0.29, 0.717) is 6.07 Å². The smallest absolute Gasteiger partial charge is 0.322 e. The van der Waals surface area contributed by atoms with E-state index in [0.717, 1.165) is 17.4 Å². The Morgan fingerprint density at radius 1 is 1.00 bits per heavy atom. The van der Waals surface area contributed by atoms with Gasteiger partial charge in [-0.05, 0) is 24.6 Å². The van der Waals surface area contributed by atoms with E-state index >= 15 is 0 Å². The van der Waals surface area contributed by atoms with Crippen LogP contribution in [0.3, 0.4) is 0 Å². The number of amides is 1. The molecule has 0 saturated heterocycles. The highest BCUT2D eigenvalue weighted by atomic mass is 19.4. The molecule has 0 fully saturated rings. The number of carbonyl (C=O) groups excluding carboxylic acids is 1. The molecule has 1 aromatic carbocycles. The second-order valence-electron chi connectivity index (χ2n) is 4.07. The van der Waals surface area contributed by atoms with Crippen LogP contribution in [-0.2, 0) is 4.79 Å². The van der Waals surface area contributed by atoms with Crippen molar-refractivity contribution in [2.45, 2.75) is 24.9 Å². The Hall–Kier alpha value is -1.87. The fraction of sp³-hybridized carbons (Fsp3) is 0.364. The third-order valence-electron chi connectivity index (χ3n) is 2.54. The number of nitrogens with one attached hydrogen (secondary N) is 1. The first-order chi connectivity index (χ1) is 9.30. The molecule has 0 unspecified atom stereocenters. The molecule has 0 bridgehead atoms. The van der Waals surface area contributed by atoms with E-state index in [-0.39, 0.29) is 5.56 Å². The molecular formula is C11H7F8NO. The summed E-state index contributed by atoms with van der Waals surface area (Å²) in [5.41, 5.74) is -6.84. The Labute approximate surface area is 112 Å². The van der Waals surface area contributed by atoms with Crippen LogP contribution < -0.4 is 5.32 Å². The third kappa shape index (κ3) is 3.08. The summed E-state index contributed by atoms with van der Waals surface area (Å²) in [7, 11) is 0. The van der Waals surface area contributed by atoms with Gasteiger partial charge in [0.15, 0.2) is 0 Å². The summed E-state index contributed by atoms with van der Waals surface area (Å²) < 4.78 is 100. The Morgan fingerprint density at radius 2 is 1.48 bits per heavy atom. The highest BCUT2D eigenvalue weighted by molar-refractivity contribution is 5.99. The van der Waals surface area contributed by atoms with Crippen LogP contribution in [0.2, 0.25) is 0 Å². The summed E-state index contributed by atoms with van der Waals surface area (Å²) in [5, 5.41) is 1.11. The molecule has 2 nitrogen and oxygen atoms in total. The Balaban J connectivity index is 3.24. The molecule has 21 heavy (non-hydrogen) atoms. The van der Waals surface area contributed by atoms with E-state index in [2.05, 4.69) is 0 Å². The van der Waals surface area contributed by atoms with Crippen LogP contribution in [0.1, 0.15) is 5.56 Å². The number of hydrogen-bond donors (Lipinski definition) is 1. The lowest BCUT2D eigenvalue weighted by molar-refractivity contribution is -0.324. The maximum absolute atomic E-state index is 13.4. The number of alkyl halides is 7. The second-order valence-corrected chi connectivity index (χ2v) is 4.07. The van der Waals surface area contributed by atoms with Crippen LogP contribution >= 0.6 is 0 Å². The van der Waals surface area contributed by atoms with Crippen LogP contribution in [-0.4, -0.2) is 23.9 Å². The van der Waals surface area contributed by atoms with Crippen LogP contribution in [0, 0.1) is 12.7 Å². The number of aryl methyl sites for hydroxylation is 1. The van der Waals surface area contributed by atoms with Gasteiger partial charge in [0.1, 0.15) is 5.82 Å². The molecule has 1 rings (SSSR count). The highest BCUT2D eigenvalue weighted by Gasteiger charge is 2.77. The van der Waals surface area contributed by atoms with Gasteiger partial charge in [-0.1, -0.05) is 6.07 Å². The van der Waals surface area contributed by atoms with Gasteiger partial charge in [0.25, 0.3) is 5.91 Å². The minimum absolute atomic E-state index is 0.0450. The molecule has 10 heteroatoms. The molecule has 1 N–H and O–H groups in total. The third-order valence-corrected chi connectivity index (χ3v) is 2.54. The van der Waals surface area contributed by atoms with Gasteiger partial charge in [-0.25, -0.2) is 8.78 Å². The molecule has 1 amide bonds. The minimum atomic E-state index is -6.52. The lowest BCUT2D eigenvalue weighted by Gasteiger charge is -2.28. The molecule has 0 aliphatic rings. The van der Waals surface area contributed by atoms with Crippen LogP contribution in [0.15, 0.2) is 18.2 Å². The normalized spacial score (nSPS) is 13.2. The maximum atomic E-state index is 13.4. The van der Waals surface area contributed by atoms with Crippen molar-refractivity contribution in [3.8, 4) is 0 Å². The molecule has 0 saturated carbocycles. The van der Waals surface area contributed by atoms with Gasteiger partial charge in [-0.2, -0.15) is 26.3 Å². The maximum Gasteiger partial charge on any atom is 0.441 e. The SMILES string of the molecule is Cc1ccc(F)cc1NC(=O)C(F)(C(F)(F)F)C(F)(F)F. The van der Waals surface area contributed by atoms with E-state index in [4.69, 9.17) is 0 Å². The number of benzene rings is 1. The van der Waals surface area contributed by atoms with E-state index in [1.807, 2.05) is 0 Å². The standard InChI is InChI=1S/C11H7F8NO/c1-5-2-3-6(12)4-7(5)20-8(21)9(13,10(14,15)16)11(17,18)19/h2-4H,1H3,(H,20,21). The molecule has 0 aliphatic heterocycles. The van der Waals surface area contributed by atoms with E-state index in [1.165, 1.54) is 6.92 Å². The molecular weight excluding hydrogens is 314 g/mol. The zero-order valence-electron chi connectivity index (χ0n) is 10.2. The number of rotatable bonds is 2. The molecule has 0 spiro atoms. The van der Waals surface area contributed by atoms with E-state index in [9.17, 15) is 39.9 Å². The Morgan fingerprint density at radius 3 is 1.90 bits per heavy atom. The van der Waals surface area contributed by atoms with E-state index in [1.54, 1.807) is 0 Å². The Bertz CT molecular complexity index is 534. The fourth-order valence-electron chi connectivity index (χ4n) is 1.36. The number of anilines is 1. The van der Waals surface area contributed by atoms with Gasteiger partial charge in [0.05, 0.1) is 0 Å². The fourth-order valence-corrected chi connectivity index (χ4v) is 1.36. The monoisotopic (exact) mass is 321 g/mol. The van der Waals surface area contributed by atoms with Crippen molar-refractivity contribution in [3.05, 3.63) is 29.6 Å². The summed E-state index contributed by atoms with van der Waals surface area (Å²) >= 11 is 0. The zero-order chi connectivity index (χ0) is 16.6. The van der Waals surface area contributed by atoms with Crippen molar-refractivity contribution in [1.29, 1.82) is 0 Å². The average Bonchev–Trinajstić information content (AvgIpc) is 2.29. The molecule has 1 aromatic rings. The van der Waals surface area contributed by atoms with Crippen LogP contribution in [0.25, 0.3) is 0 Å². The van der Waals surface area contributed by atoms with Crippen LogP contribution in [0.5, 0.6) is 0 Å². The van der Waals surface area contributed by atoms with Gasteiger partial charge < -0.3 is 5.32 Å². The van der Waals surface area contributed by atoms with Gasteiger partial charge in [-0.3, -0.25) is 4.79 Å². The van der Waals surface area contributed by atoms with Crippen LogP contribution in [0.4, 0.5) is 40.8 Å². The molecule has 0 radical (unpaired) electrons. The first kappa shape index (κ1) is 17.2. The second kappa shape index (κ2) is 5.15. The van der Waals surface area contributed by atoms with Gasteiger partial charge >= 0.3 is 18.0 Å². The average molecular weight is 321 g/mol. The van der Waals surface area contributed by atoms with Crippen molar-refractivity contribution in [3.63, 3.8) is 0 Å². The quantitative estimate of drug-likeness (QED) is 0.822. The van der Waals surface area contributed by atoms with Crippen molar-refractivity contribution >= 4 is 11.6 Å². The first-order valence-electron chi connectivity index (χ1n) is 5.20. The topological polar surface area (TPSA) is 29.1 Å². The predicted octanol–water partition coefficient (Wildman–Crippen LogP) is 3.91. The lowest BCUT2D eigenvalue weighted by Crippen LogP contribution is -2.61. The largest absolute Gasteiger partial charge is 0.441 e. The molecule has 0 heterocycles. The first-order valence-corrected chi connectivity index (χ1v) is 5.20. The van der Waals surface area contributed by atoms with Crippen molar-refractivity contribution in [2.24, 2.45) is 0 Å². The van der Waals surface area contributed by atoms with Gasteiger partial charge in [0, 0.05) is 5.69 Å². The number of hydrogen-bond acceptors (Lipinski definition) is 1. The summed E-state index contributed by atoms with van der Waals surface area (Å²) in [6.07, 6.45) is -13.0. The summed E-state index contributed by atoms with van der Waals surface area (Å²) in [6, 6.07) is 2.33. The van der Waals surface area contributed by atoms with Gasteiger partial charge in [-0.15, -0.1) is 0 Å². The predicted molar refractivity (Wildman–Crippen MR) is 55.7 cm³/mol. The van der Waals surface area contributed by atoms with Gasteiger partial charge in [0.2, 0.25) is 0 Å². The van der Waals surface area contributed by atoms with Crippen molar-refractivity contribution in [1.82, 2.24) is 0 Å². The minimum Gasteiger partial charge on any atom is -0.322 e. The molecule has 118 valence electrons. The Kier molecular flexibility index (Phi) is 4.22. The molecule has 0 atom stereocenters. The summed E-state index contributed by atoms with van der Waals surface area (Å²) in [4.78, 5) is 11.1. The highest BCUT2D eigenvalue weighted by Crippen LogP contribution is 2.46. The number of halogens is 8. The molecule has 0 aromatic heterocycles. The summed E-state index contributed by atoms with van der Waals surface area (Å²) in [5.74, 6) is -4.02. The number of carbonyl (C=O) groups is 1.